The summed E-state index contributed by atoms with van der Waals surface area (Å²) in [5, 5.41) is 3.98. The fourth-order valence-electron chi connectivity index (χ4n) is 3.74. The first kappa shape index (κ1) is 22.9. The maximum Gasteiger partial charge on any atom is 0.259 e. The normalized spacial score (nSPS) is 14.9. The molecule has 10 heteroatoms. The van der Waals surface area contributed by atoms with Crippen molar-refractivity contribution >= 4 is 15.9 Å². The van der Waals surface area contributed by atoms with E-state index in [1.807, 2.05) is 6.92 Å². The van der Waals surface area contributed by atoms with Gasteiger partial charge < -0.3 is 14.2 Å². The summed E-state index contributed by atoms with van der Waals surface area (Å²) in [7, 11) is -3.69. The lowest BCUT2D eigenvalue weighted by Gasteiger charge is -2.34. The fourth-order valence-corrected chi connectivity index (χ4v) is 5.16. The molecule has 0 N–H and O–H groups in total. The summed E-state index contributed by atoms with van der Waals surface area (Å²) in [6.07, 6.45) is 0. The number of halogens is 1. The molecule has 1 amide bonds. The number of amides is 1. The van der Waals surface area contributed by atoms with Gasteiger partial charge in [0.1, 0.15) is 28.6 Å². The van der Waals surface area contributed by atoms with Gasteiger partial charge >= 0.3 is 0 Å². The van der Waals surface area contributed by atoms with Crippen LogP contribution in [-0.2, 0) is 10.0 Å². The summed E-state index contributed by atoms with van der Waals surface area (Å²) in [5.41, 5.74) is 1.19. The maximum absolute atomic E-state index is 13.3. The molecule has 4 rings (SSSR count). The lowest BCUT2D eigenvalue weighted by molar-refractivity contribution is 0.0696. The van der Waals surface area contributed by atoms with Crippen LogP contribution in [0.3, 0.4) is 0 Å². The third-order valence-electron chi connectivity index (χ3n) is 5.49. The predicted octanol–water partition coefficient (Wildman–Crippen LogP) is 3.33. The highest BCUT2D eigenvalue weighted by Gasteiger charge is 2.33. The Balaban J connectivity index is 1.48. The summed E-state index contributed by atoms with van der Waals surface area (Å²) in [6.45, 7) is 4.77. The summed E-state index contributed by atoms with van der Waals surface area (Å²) in [6, 6.07) is 11.9. The highest BCUT2D eigenvalue weighted by molar-refractivity contribution is 7.89. The van der Waals surface area contributed by atoms with Crippen LogP contribution in [0.1, 0.15) is 23.0 Å². The number of carbonyl (C=O) groups is 1. The number of aryl methyl sites for hydroxylation is 1. The molecule has 2 heterocycles. The second-order valence-electron chi connectivity index (χ2n) is 7.57. The predicted molar refractivity (Wildman–Crippen MR) is 119 cm³/mol. The van der Waals surface area contributed by atoms with Gasteiger partial charge in [0.25, 0.3) is 5.91 Å². The highest BCUT2D eigenvalue weighted by Crippen LogP contribution is 2.28. The number of ether oxygens (including phenoxy) is 1. The summed E-state index contributed by atoms with van der Waals surface area (Å²) in [5.74, 6) is 0.263. The molecule has 0 spiro atoms. The Morgan fingerprint density at radius 1 is 1.06 bits per heavy atom. The molecule has 3 aromatic rings. The number of benzene rings is 2. The number of rotatable bonds is 6. The average Bonchev–Trinajstić information content (AvgIpc) is 3.21. The van der Waals surface area contributed by atoms with Crippen LogP contribution in [0, 0.1) is 12.7 Å². The van der Waals surface area contributed by atoms with E-state index in [0.717, 1.165) is 0 Å². The molecule has 0 bridgehead atoms. The first-order chi connectivity index (χ1) is 15.8. The Morgan fingerprint density at radius 3 is 2.30 bits per heavy atom. The smallest absolute Gasteiger partial charge is 0.259 e. The molecule has 1 fully saturated rings. The lowest BCUT2D eigenvalue weighted by atomic mass is 10.0. The minimum absolute atomic E-state index is 0.164. The Morgan fingerprint density at radius 2 is 1.70 bits per heavy atom. The summed E-state index contributed by atoms with van der Waals surface area (Å²) in [4.78, 5) is 15.0. The molecule has 33 heavy (non-hydrogen) atoms. The van der Waals surface area contributed by atoms with Crippen molar-refractivity contribution in [2.75, 3.05) is 32.8 Å². The van der Waals surface area contributed by atoms with Crippen LogP contribution in [0.4, 0.5) is 4.39 Å². The molecule has 1 saturated heterocycles. The zero-order valence-electron chi connectivity index (χ0n) is 18.3. The van der Waals surface area contributed by atoms with Gasteiger partial charge in [0.2, 0.25) is 10.0 Å². The number of sulfonamides is 1. The van der Waals surface area contributed by atoms with Crippen molar-refractivity contribution in [1.29, 1.82) is 0 Å². The van der Waals surface area contributed by atoms with Crippen molar-refractivity contribution in [3.8, 4) is 17.0 Å². The SMILES string of the molecule is CCOc1ccc(S(=O)(=O)N2CCN(C(=O)c3c(-c4ccc(F)cc4)noc3C)CC2)cc1. The average molecular weight is 474 g/mol. The van der Waals surface area contributed by atoms with Gasteiger partial charge in [0.15, 0.2) is 0 Å². The Hall–Kier alpha value is -3.24. The number of nitrogens with zero attached hydrogens (tertiary/aromatic N) is 3. The molecule has 2 aromatic carbocycles. The minimum atomic E-state index is -3.69. The standard InChI is InChI=1S/C23H24FN3O5S/c1-3-31-19-8-10-20(11-9-19)33(29,30)27-14-12-26(13-15-27)23(28)21-16(2)32-25-22(21)17-4-6-18(24)7-5-17/h4-11H,3,12-15H2,1-2H3. The number of aromatic nitrogens is 1. The Kier molecular flexibility index (Phi) is 6.48. The first-order valence-corrected chi connectivity index (χ1v) is 12.0. The van der Waals surface area contributed by atoms with E-state index in [4.69, 9.17) is 9.26 Å². The van der Waals surface area contributed by atoms with Gasteiger partial charge in [0, 0.05) is 31.7 Å². The molecule has 0 atom stereocenters. The lowest BCUT2D eigenvalue weighted by Crippen LogP contribution is -2.50. The van der Waals surface area contributed by atoms with Gasteiger partial charge in [-0.3, -0.25) is 4.79 Å². The van der Waals surface area contributed by atoms with Gasteiger partial charge in [-0.05, 0) is 62.4 Å². The summed E-state index contributed by atoms with van der Waals surface area (Å²) < 4.78 is 51.3. The molecule has 8 nitrogen and oxygen atoms in total. The van der Waals surface area contributed by atoms with Crippen molar-refractivity contribution in [3.05, 3.63) is 65.7 Å². The molecule has 0 aliphatic carbocycles. The van der Waals surface area contributed by atoms with E-state index < -0.39 is 15.8 Å². The fraction of sp³-hybridized carbons (Fsp3) is 0.304. The van der Waals surface area contributed by atoms with Crippen LogP contribution in [-0.4, -0.2) is 61.5 Å². The van der Waals surface area contributed by atoms with E-state index in [-0.39, 0.29) is 37.0 Å². The van der Waals surface area contributed by atoms with E-state index in [2.05, 4.69) is 5.16 Å². The second-order valence-corrected chi connectivity index (χ2v) is 9.51. The van der Waals surface area contributed by atoms with Crippen molar-refractivity contribution in [3.63, 3.8) is 0 Å². The van der Waals surface area contributed by atoms with Crippen molar-refractivity contribution in [1.82, 2.24) is 14.4 Å². The first-order valence-electron chi connectivity index (χ1n) is 10.6. The van der Waals surface area contributed by atoms with Crippen LogP contribution in [0.15, 0.2) is 57.9 Å². The Bertz CT molecular complexity index is 1230. The molecule has 1 aromatic heterocycles. The molecule has 0 saturated carbocycles. The van der Waals surface area contributed by atoms with Gasteiger partial charge in [-0.1, -0.05) is 5.16 Å². The van der Waals surface area contributed by atoms with Gasteiger partial charge in [-0.2, -0.15) is 4.31 Å². The van der Waals surface area contributed by atoms with E-state index >= 15 is 0 Å². The van der Waals surface area contributed by atoms with Crippen LogP contribution in [0.2, 0.25) is 0 Å². The number of hydrogen-bond donors (Lipinski definition) is 0. The van der Waals surface area contributed by atoms with Crippen molar-refractivity contribution in [2.45, 2.75) is 18.7 Å². The third kappa shape index (κ3) is 4.62. The molecule has 1 aliphatic heterocycles. The van der Waals surface area contributed by atoms with E-state index in [0.29, 0.717) is 34.9 Å². The Labute approximate surface area is 191 Å². The maximum atomic E-state index is 13.3. The van der Waals surface area contributed by atoms with Crippen LogP contribution >= 0.6 is 0 Å². The molecule has 0 radical (unpaired) electrons. The van der Waals surface area contributed by atoms with Crippen LogP contribution in [0.5, 0.6) is 5.75 Å². The molecule has 0 unspecified atom stereocenters. The quantitative estimate of drug-likeness (QED) is 0.545. The van der Waals surface area contributed by atoms with E-state index in [1.54, 1.807) is 24.0 Å². The third-order valence-corrected chi connectivity index (χ3v) is 7.41. The van der Waals surface area contributed by atoms with Crippen molar-refractivity contribution < 1.29 is 26.9 Å². The minimum Gasteiger partial charge on any atom is -0.494 e. The topological polar surface area (TPSA) is 93.0 Å². The monoisotopic (exact) mass is 473 g/mol. The zero-order chi connectivity index (χ0) is 23.6. The van der Waals surface area contributed by atoms with E-state index in [1.165, 1.54) is 40.7 Å². The number of carbonyl (C=O) groups excluding carboxylic acids is 1. The molecular formula is C23H24FN3O5S. The number of hydrogen-bond acceptors (Lipinski definition) is 6. The van der Waals surface area contributed by atoms with Crippen molar-refractivity contribution in [2.24, 2.45) is 0 Å². The second kappa shape index (κ2) is 9.32. The van der Waals surface area contributed by atoms with E-state index in [9.17, 15) is 17.6 Å². The molecular weight excluding hydrogens is 449 g/mol. The number of piperazine rings is 1. The van der Waals surface area contributed by atoms with Gasteiger partial charge in [0.05, 0.1) is 11.5 Å². The van der Waals surface area contributed by atoms with Gasteiger partial charge in [-0.15, -0.1) is 0 Å². The summed E-state index contributed by atoms with van der Waals surface area (Å²) >= 11 is 0. The molecule has 1 aliphatic rings. The van der Waals surface area contributed by atoms with Crippen LogP contribution < -0.4 is 4.74 Å². The zero-order valence-corrected chi connectivity index (χ0v) is 19.1. The largest absolute Gasteiger partial charge is 0.494 e. The van der Waals surface area contributed by atoms with Gasteiger partial charge in [-0.25, -0.2) is 12.8 Å². The van der Waals surface area contributed by atoms with Crippen LogP contribution in [0.25, 0.3) is 11.3 Å². The highest BCUT2D eigenvalue weighted by atomic mass is 32.2. The molecule has 174 valence electrons.